The van der Waals surface area contributed by atoms with E-state index in [4.69, 9.17) is 16.3 Å². The van der Waals surface area contributed by atoms with Crippen LogP contribution in [-0.4, -0.2) is 27.1 Å². The zero-order chi connectivity index (χ0) is 17.3. The summed E-state index contributed by atoms with van der Waals surface area (Å²) in [7, 11) is 0. The van der Waals surface area contributed by atoms with Crippen LogP contribution in [-0.2, 0) is 9.53 Å². The van der Waals surface area contributed by atoms with Gasteiger partial charge in [0, 0.05) is 16.8 Å². The molecule has 2 heterocycles. The summed E-state index contributed by atoms with van der Waals surface area (Å²) in [6.45, 7) is 1.76. The van der Waals surface area contributed by atoms with Gasteiger partial charge in [-0.2, -0.15) is 0 Å². The second-order valence-electron chi connectivity index (χ2n) is 5.08. The van der Waals surface area contributed by atoms with E-state index in [-0.39, 0.29) is 12.3 Å². The molecule has 2 aromatic heterocycles. The number of hydrogen-bond acceptors (Lipinski definition) is 4. The van der Waals surface area contributed by atoms with E-state index in [1.54, 1.807) is 31.2 Å². The van der Waals surface area contributed by atoms with Gasteiger partial charge in [0.1, 0.15) is 11.5 Å². The number of fused-ring (bicyclic) bond motifs is 1. The molecule has 0 unspecified atom stereocenters. The van der Waals surface area contributed by atoms with Gasteiger partial charge in [0.15, 0.2) is 6.10 Å². The zero-order valence-electron chi connectivity index (χ0n) is 12.7. The largest absolute Gasteiger partial charge is 0.464 e. The Kier molecular flexibility index (Phi) is 4.51. The van der Waals surface area contributed by atoms with Crippen molar-refractivity contribution < 1.29 is 19.0 Å². The van der Waals surface area contributed by atoms with Crippen LogP contribution in [0.5, 0.6) is 0 Å². The first-order valence-corrected chi connectivity index (χ1v) is 7.67. The average Bonchev–Trinajstić information content (AvgIpc) is 2.93. The van der Waals surface area contributed by atoms with Gasteiger partial charge in [0.2, 0.25) is 0 Å². The lowest BCUT2D eigenvalue weighted by atomic mass is 10.1. The number of halogens is 2. The highest BCUT2D eigenvalue weighted by Crippen LogP contribution is 2.30. The first kappa shape index (κ1) is 16.4. The van der Waals surface area contributed by atoms with Gasteiger partial charge in [-0.15, -0.1) is 0 Å². The molecule has 0 saturated carbocycles. The van der Waals surface area contributed by atoms with E-state index in [1.807, 2.05) is 0 Å². The van der Waals surface area contributed by atoms with E-state index in [0.29, 0.717) is 21.9 Å². The van der Waals surface area contributed by atoms with Crippen molar-refractivity contribution in [2.45, 2.75) is 13.0 Å². The van der Waals surface area contributed by atoms with Crippen molar-refractivity contribution in [3.8, 4) is 11.3 Å². The van der Waals surface area contributed by atoms with E-state index < -0.39 is 17.9 Å². The zero-order valence-corrected chi connectivity index (χ0v) is 13.5. The van der Waals surface area contributed by atoms with Gasteiger partial charge in [-0.25, -0.2) is 14.2 Å². The van der Waals surface area contributed by atoms with Crippen LogP contribution in [0.4, 0.5) is 4.39 Å². The molecule has 0 radical (unpaired) electrons. The number of imidazole rings is 1. The van der Waals surface area contributed by atoms with E-state index in [2.05, 4.69) is 4.98 Å². The summed E-state index contributed by atoms with van der Waals surface area (Å²) in [5, 5.41) is 11.0. The fourth-order valence-corrected chi connectivity index (χ4v) is 2.58. The minimum atomic E-state index is -1.59. The molecule has 3 aromatic rings. The highest BCUT2D eigenvalue weighted by atomic mass is 35.5. The smallest absolute Gasteiger partial charge is 0.341 e. The van der Waals surface area contributed by atoms with Crippen molar-refractivity contribution in [3.05, 3.63) is 59.1 Å². The standard InChI is InChI=1S/C17H14ClFN2O3/c1-2-24-17(23)16(22)15-14(10-3-5-11(18)6-4-10)20-13-8-7-12(19)9-21(13)15/h3-9,16,22H,2H2,1H3/t16-/m1/s1. The topological polar surface area (TPSA) is 63.8 Å². The number of nitrogens with zero attached hydrogens (tertiary/aromatic N) is 2. The highest BCUT2D eigenvalue weighted by Gasteiger charge is 2.27. The van der Waals surface area contributed by atoms with E-state index in [1.165, 1.54) is 22.7 Å². The highest BCUT2D eigenvalue weighted by molar-refractivity contribution is 6.30. The minimum absolute atomic E-state index is 0.122. The fourth-order valence-electron chi connectivity index (χ4n) is 2.45. The van der Waals surface area contributed by atoms with Crippen LogP contribution >= 0.6 is 11.6 Å². The molecule has 1 N–H and O–H groups in total. The van der Waals surface area contributed by atoms with Crippen molar-refractivity contribution in [1.82, 2.24) is 9.38 Å². The average molecular weight is 349 g/mol. The quantitative estimate of drug-likeness (QED) is 0.734. The predicted octanol–water partition coefficient (Wildman–Crippen LogP) is 3.39. The van der Waals surface area contributed by atoms with Gasteiger partial charge >= 0.3 is 5.97 Å². The molecule has 0 aliphatic carbocycles. The Morgan fingerprint density at radius 1 is 1.33 bits per heavy atom. The number of pyridine rings is 1. The fraction of sp³-hybridized carbons (Fsp3) is 0.176. The number of ether oxygens (including phenoxy) is 1. The number of esters is 1. The first-order chi connectivity index (χ1) is 11.5. The summed E-state index contributed by atoms with van der Waals surface area (Å²) in [6, 6.07) is 9.48. The number of carbonyl (C=O) groups is 1. The SMILES string of the molecule is CCOC(=O)[C@H](O)c1c(-c2ccc(Cl)cc2)nc2ccc(F)cn12. The number of aromatic nitrogens is 2. The van der Waals surface area contributed by atoms with Gasteiger partial charge in [0.05, 0.1) is 18.0 Å². The Bertz CT molecular complexity index is 893. The maximum Gasteiger partial charge on any atom is 0.341 e. The Hall–Kier alpha value is -2.44. The minimum Gasteiger partial charge on any atom is -0.464 e. The third kappa shape index (κ3) is 2.98. The maximum absolute atomic E-state index is 13.6. The molecular formula is C17H14ClFN2O3. The lowest BCUT2D eigenvalue weighted by Crippen LogP contribution is -2.18. The third-order valence-electron chi connectivity index (χ3n) is 3.51. The maximum atomic E-state index is 13.6. The van der Waals surface area contributed by atoms with Crippen LogP contribution in [0.15, 0.2) is 42.6 Å². The number of rotatable bonds is 4. The van der Waals surface area contributed by atoms with E-state index in [0.717, 1.165) is 0 Å². The molecule has 0 spiro atoms. The van der Waals surface area contributed by atoms with Gasteiger partial charge in [-0.3, -0.25) is 4.40 Å². The van der Waals surface area contributed by atoms with Crippen LogP contribution in [0, 0.1) is 5.82 Å². The molecule has 3 rings (SSSR count). The van der Waals surface area contributed by atoms with Gasteiger partial charge < -0.3 is 9.84 Å². The first-order valence-electron chi connectivity index (χ1n) is 7.29. The second-order valence-corrected chi connectivity index (χ2v) is 5.52. The molecular weight excluding hydrogens is 335 g/mol. The summed E-state index contributed by atoms with van der Waals surface area (Å²) in [5.41, 5.74) is 1.55. The van der Waals surface area contributed by atoms with Crippen LogP contribution in [0.3, 0.4) is 0 Å². The van der Waals surface area contributed by atoms with Crippen molar-refractivity contribution in [2.75, 3.05) is 6.61 Å². The van der Waals surface area contributed by atoms with Crippen molar-refractivity contribution >= 4 is 23.2 Å². The van der Waals surface area contributed by atoms with E-state index >= 15 is 0 Å². The van der Waals surface area contributed by atoms with Crippen molar-refractivity contribution in [1.29, 1.82) is 0 Å². The van der Waals surface area contributed by atoms with Crippen LogP contribution in [0.2, 0.25) is 5.02 Å². The van der Waals surface area contributed by atoms with Crippen LogP contribution in [0.25, 0.3) is 16.9 Å². The molecule has 0 bridgehead atoms. The summed E-state index contributed by atoms with van der Waals surface area (Å²) in [5.74, 6) is -1.33. The monoisotopic (exact) mass is 348 g/mol. The number of carbonyl (C=O) groups excluding carboxylic acids is 1. The Labute approximate surface area is 142 Å². The molecule has 0 amide bonds. The molecule has 0 fully saturated rings. The molecule has 0 saturated heterocycles. The summed E-state index contributed by atoms with van der Waals surface area (Å²) < 4.78 is 19.8. The molecule has 124 valence electrons. The van der Waals surface area contributed by atoms with Gasteiger partial charge in [-0.05, 0) is 31.2 Å². The van der Waals surface area contributed by atoms with Crippen LogP contribution < -0.4 is 0 Å². The molecule has 7 heteroatoms. The van der Waals surface area contributed by atoms with Gasteiger partial charge in [0.25, 0.3) is 0 Å². The van der Waals surface area contributed by atoms with Crippen molar-refractivity contribution in [2.24, 2.45) is 0 Å². The lowest BCUT2D eigenvalue weighted by molar-refractivity contribution is -0.153. The lowest BCUT2D eigenvalue weighted by Gasteiger charge is -2.12. The van der Waals surface area contributed by atoms with Crippen LogP contribution in [0.1, 0.15) is 18.7 Å². The molecule has 1 atom stereocenters. The summed E-state index contributed by atoms with van der Waals surface area (Å²) in [4.78, 5) is 16.4. The Balaban J connectivity index is 2.22. The predicted molar refractivity (Wildman–Crippen MR) is 87.2 cm³/mol. The van der Waals surface area contributed by atoms with E-state index in [9.17, 15) is 14.3 Å². The number of aliphatic hydroxyl groups is 1. The molecule has 0 aliphatic heterocycles. The van der Waals surface area contributed by atoms with Gasteiger partial charge in [-0.1, -0.05) is 23.7 Å². The summed E-state index contributed by atoms with van der Waals surface area (Å²) in [6.07, 6.45) is -0.424. The second kappa shape index (κ2) is 6.59. The molecule has 0 aliphatic rings. The summed E-state index contributed by atoms with van der Waals surface area (Å²) >= 11 is 5.89. The Morgan fingerprint density at radius 2 is 2.04 bits per heavy atom. The molecule has 5 nitrogen and oxygen atoms in total. The normalized spacial score (nSPS) is 12.3. The number of hydrogen-bond donors (Lipinski definition) is 1. The molecule has 1 aromatic carbocycles. The molecule has 24 heavy (non-hydrogen) atoms. The number of aliphatic hydroxyl groups excluding tert-OH is 1. The Morgan fingerprint density at radius 3 is 2.71 bits per heavy atom. The van der Waals surface area contributed by atoms with Crippen molar-refractivity contribution in [3.63, 3.8) is 0 Å². The third-order valence-corrected chi connectivity index (χ3v) is 3.76. The number of benzene rings is 1.